The van der Waals surface area contributed by atoms with E-state index in [1.807, 2.05) is 106 Å². The molecule has 0 N–H and O–H groups in total. The molecule has 0 amide bonds. The van der Waals surface area contributed by atoms with Crippen LogP contribution < -0.4 is 42.3 Å². The third kappa shape index (κ3) is 7.36. The Balaban J connectivity index is 0.00000246. The van der Waals surface area contributed by atoms with Crippen LogP contribution in [0, 0.1) is 36.4 Å². The quantitative estimate of drug-likeness (QED) is 0.122. The summed E-state index contributed by atoms with van der Waals surface area (Å²) in [5.41, 5.74) is 16.3. The van der Waals surface area contributed by atoms with Gasteiger partial charge in [0, 0.05) is 82.6 Å². The third-order valence-electron chi connectivity index (χ3n) is 13.6. The summed E-state index contributed by atoms with van der Waals surface area (Å²) in [4.78, 5) is 4.96. The summed E-state index contributed by atoms with van der Waals surface area (Å²) in [6.07, 6.45) is 16.0. The molecule has 71 heavy (non-hydrogen) atoms. The van der Waals surface area contributed by atoms with Crippen molar-refractivity contribution in [3.63, 3.8) is 0 Å². The smallest absolute Gasteiger partial charge is 0.212 e. The zero-order chi connectivity index (χ0) is 45.2. The Morgan fingerprint density at radius 3 is 1.63 bits per heavy atom. The van der Waals surface area contributed by atoms with E-state index in [4.69, 9.17) is 19.7 Å². The SMILES string of the molecule is [C-]1=C(c2[c-]c3c(cc2)Oc2cccc4c2B3c2[c-]c(-n3cc(-c5ccccc5)cn3)ccc2O4)[C-]=C(c2[c-]c3c(cc2)Sc2cccc4c2B3c2[c-]c(-n3cc(-c5ccccc5)cn3)ccc2S4)C1.[Pt].[Pt]. The molecule has 6 nitrogen and oxygen atoms in total. The summed E-state index contributed by atoms with van der Waals surface area (Å²) < 4.78 is 17.0. The zero-order valence-electron chi connectivity index (χ0n) is 37.1. The molecule has 5 aliphatic rings. The Hall–Kier alpha value is -6.53. The molecule has 0 spiro atoms. The first kappa shape index (κ1) is 44.4. The van der Waals surface area contributed by atoms with Crippen molar-refractivity contribution in [2.45, 2.75) is 26.0 Å². The van der Waals surface area contributed by atoms with Crippen LogP contribution in [0.2, 0.25) is 0 Å². The Labute approximate surface area is 448 Å². The molecule has 1 aliphatic carbocycles. The van der Waals surface area contributed by atoms with Crippen molar-refractivity contribution in [1.29, 1.82) is 0 Å². The summed E-state index contributed by atoms with van der Waals surface area (Å²) in [5.74, 6) is 3.04. The third-order valence-corrected chi connectivity index (χ3v) is 15.9. The number of benzene rings is 8. The number of rotatable bonds is 6. The number of fused-ring (bicyclic) bond motifs is 8. The van der Waals surface area contributed by atoms with Gasteiger partial charge in [-0.2, -0.15) is 57.6 Å². The molecule has 6 heterocycles. The van der Waals surface area contributed by atoms with Gasteiger partial charge in [-0.1, -0.05) is 77.7 Å². The largest absolute Gasteiger partial charge is 0.518 e. The maximum atomic E-state index is 6.59. The number of aromatic nitrogens is 4. The van der Waals surface area contributed by atoms with Crippen molar-refractivity contribution < 1.29 is 51.6 Å². The molecule has 12 heteroatoms. The summed E-state index contributed by atoms with van der Waals surface area (Å²) in [6, 6.07) is 65.6. The average Bonchev–Trinajstić information content (AvgIpc) is 4.22. The summed E-state index contributed by atoms with van der Waals surface area (Å²) >= 11 is 3.65. The van der Waals surface area contributed by atoms with Gasteiger partial charge in [0.1, 0.15) is 11.5 Å². The zero-order valence-corrected chi connectivity index (χ0v) is 43.3. The standard InChI is InChI=1S/C59H30B2N4O2S2.2Pt/c1-3-9-36(10-4-1)42-32-62-64(34-42)44-21-24-51-47(30-44)60-46-28-40(19-23-50(46)66-52-13-7-14-53(67-51)58(52)60)38-17-18-39(27-38)41-20-25-54-48(29-41)61-49-31-45(65-35-43(33-63-65)37-11-5-2-6-12-37)22-26-55(49)69-57-16-8-15-56(68-54)59(57)61;;/h1-16,19-26,32-35H,18H2;;/q-6;;. The number of nitrogens with zero attached hydrogens (tertiary/aromatic N) is 4. The van der Waals surface area contributed by atoms with Crippen molar-refractivity contribution in [3.8, 4) is 56.6 Å². The fraction of sp³-hybridized carbons (Fsp3) is 0.0169. The van der Waals surface area contributed by atoms with Gasteiger partial charge in [-0.15, -0.1) is 75.5 Å². The Morgan fingerprint density at radius 1 is 0.451 bits per heavy atom. The van der Waals surface area contributed by atoms with Crippen LogP contribution in [0.15, 0.2) is 190 Å². The van der Waals surface area contributed by atoms with E-state index >= 15 is 0 Å². The van der Waals surface area contributed by atoms with E-state index < -0.39 is 0 Å². The predicted octanol–water partition coefficient (Wildman–Crippen LogP) is 9.24. The molecule has 0 bridgehead atoms. The second-order valence-electron chi connectivity index (χ2n) is 17.6. The molecule has 8 aromatic carbocycles. The average molecular weight is 1300 g/mol. The maximum Gasteiger partial charge on any atom is 0.212 e. The van der Waals surface area contributed by atoms with Gasteiger partial charge >= 0.3 is 0 Å². The fourth-order valence-corrected chi connectivity index (χ4v) is 12.6. The van der Waals surface area contributed by atoms with Crippen molar-refractivity contribution in [1.82, 2.24) is 19.6 Å². The topological polar surface area (TPSA) is 54.1 Å². The molecular formula is C59H30B2N4O2Pt2S2-6. The maximum absolute atomic E-state index is 6.59. The molecule has 15 rings (SSSR count). The van der Waals surface area contributed by atoms with Gasteiger partial charge in [-0.05, 0) is 62.0 Å². The first-order valence-electron chi connectivity index (χ1n) is 22.8. The first-order valence-corrected chi connectivity index (χ1v) is 24.4. The van der Waals surface area contributed by atoms with Crippen LogP contribution in [0.5, 0.6) is 23.0 Å². The van der Waals surface area contributed by atoms with Gasteiger partial charge in [-0.25, -0.2) is 0 Å². The van der Waals surface area contributed by atoms with Crippen LogP contribution >= 0.6 is 23.5 Å². The second kappa shape index (κ2) is 17.6. The molecular weight excluding hydrogens is 1270 g/mol. The van der Waals surface area contributed by atoms with Crippen LogP contribution in [0.4, 0.5) is 0 Å². The molecule has 4 aliphatic heterocycles. The van der Waals surface area contributed by atoms with Crippen LogP contribution in [-0.4, -0.2) is 33.0 Å². The Kier molecular flexibility index (Phi) is 11.0. The van der Waals surface area contributed by atoms with E-state index in [0.29, 0.717) is 6.42 Å². The Morgan fingerprint density at radius 2 is 0.972 bits per heavy atom. The number of hydrogen-bond acceptors (Lipinski definition) is 6. The Bertz CT molecular complexity index is 3850. The van der Waals surface area contributed by atoms with E-state index in [1.165, 1.54) is 25.0 Å². The minimum atomic E-state index is -0.231. The van der Waals surface area contributed by atoms with E-state index in [0.717, 1.165) is 106 Å². The molecule has 0 saturated carbocycles. The normalized spacial score (nSPS) is 13.9. The first-order chi connectivity index (χ1) is 34.1. The predicted molar refractivity (Wildman–Crippen MR) is 275 cm³/mol. The van der Waals surface area contributed by atoms with Gasteiger partial charge in [-0.3, -0.25) is 27.1 Å². The van der Waals surface area contributed by atoms with E-state index in [-0.39, 0.29) is 55.6 Å². The van der Waals surface area contributed by atoms with Crippen LogP contribution in [0.1, 0.15) is 17.5 Å². The number of hydrogen-bond donors (Lipinski definition) is 0. The molecule has 0 saturated heterocycles. The number of ether oxygens (including phenoxy) is 2. The molecule has 0 radical (unpaired) electrons. The summed E-state index contributed by atoms with van der Waals surface area (Å²) in [6.45, 7) is -0.266. The molecule has 2 aromatic heterocycles. The van der Waals surface area contributed by atoms with Gasteiger partial charge in [0.15, 0.2) is 0 Å². The second-order valence-corrected chi connectivity index (χ2v) is 19.7. The summed E-state index contributed by atoms with van der Waals surface area (Å²) in [5, 5.41) is 9.54. The minimum absolute atomic E-state index is 0. The van der Waals surface area contributed by atoms with Crippen molar-refractivity contribution >= 4 is 80.9 Å². The van der Waals surface area contributed by atoms with Crippen molar-refractivity contribution in [3.05, 3.63) is 218 Å². The molecule has 10 aromatic rings. The van der Waals surface area contributed by atoms with Crippen LogP contribution in [0.25, 0.3) is 44.8 Å². The molecule has 0 atom stereocenters. The fourth-order valence-electron chi connectivity index (χ4n) is 10.3. The minimum Gasteiger partial charge on any atom is -0.518 e. The summed E-state index contributed by atoms with van der Waals surface area (Å²) in [7, 11) is 0. The van der Waals surface area contributed by atoms with Crippen molar-refractivity contribution in [2.75, 3.05) is 0 Å². The van der Waals surface area contributed by atoms with E-state index in [9.17, 15) is 0 Å². The van der Waals surface area contributed by atoms with E-state index in [1.54, 1.807) is 0 Å². The molecule has 0 fully saturated rings. The van der Waals surface area contributed by atoms with Crippen molar-refractivity contribution in [2.24, 2.45) is 0 Å². The molecule has 342 valence electrons. The monoisotopic (exact) mass is 1300 g/mol. The van der Waals surface area contributed by atoms with Gasteiger partial charge in [0.25, 0.3) is 0 Å². The van der Waals surface area contributed by atoms with Gasteiger partial charge in [0.2, 0.25) is 13.4 Å². The van der Waals surface area contributed by atoms with Crippen LogP contribution in [0.3, 0.4) is 0 Å². The van der Waals surface area contributed by atoms with Crippen LogP contribution in [-0.2, 0) is 42.1 Å². The van der Waals surface area contributed by atoms with Gasteiger partial charge < -0.3 is 32.8 Å². The van der Waals surface area contributed by atoms with Gasteiger partial charge in [0.05, 0.1) is 12.4 Å². The van der Waals surface area contributed by atoms with E-state index in [2.05, 4.69) is 134 Å². The number of allylic oxidation sites excluding steroid dienone is 4. The molecule has 0 unspecified atom stereocenters.